The molecule has 3 heteroatoms. The molecular weight excluding hydrogens is 190 g/mol. The first-order valence-corrected chi connectivity index (χ1v) is 5.37. The monoisotopic (exact) mass is 207 g/mol. The van der Waals surface area contributed by atoms with Crippen LogP contribution in [0.5, 0.6) is 5.75 Å². The highest BCUT2D eigenvalue weighted by molar-refractivity contribution is 5.32. The van der Waals surface area contributed by atoms with Crippen molar-refractivity contribution in [2.75, 3.05) is 7.11 Å². The molecule has 1 saturated carbocycles. The molecule has 1 N–H and O–H groups in total. The summed E-state index contributed by atoms with van der Waals surface area (Å²) in [5, 5.41) is 10.5. The summed E-state index contributed by atoms with van der Waals surface area (Å²) < 4.78 is 5.24. The maximum absolute atomic E-state index is 10.5. The van der Waals surface area contributed by atoms with Gasteiger partial charge in [-0.1, -0.05) is 6.92 Å². The third-order valence-electron chi connectivity index (χ3n) is 3.17. The van der Waals surface area contributed by atoms with Gasteiger partial charge in [0.25, 0.3) is 0 Å². The number of methoxy groups -OCH3 is 1. The lowest BCUT2D eigenvalue weighted by Gasteiger charge is -2.23. The minimum Gasteiger partial charge on any atom is -0.495 e. The lowest BCUT2D eigenvalue weighted by Crippen LogP contribution is -2.24. The Bertz CT molecular complexity index is 353. The van der Waals surface area contributed by atoms with Gasteiger partial charge < -0.3 is 9.84 Å². The van der Waals surface area contributed by atoms with E-state index in [9.17, 15) is 5.11 Å². The molecule has 1 aliphatic carbocycles. The Kier molecular flexibility index (Phi) is 2.65. The van der Waals surface area contributed by atoms with Gasteiger partial charge in [0.1, 0.15) is 17.0 Å². The number of rotatable bonds is 2. The second kappa shape index (κ2) is 3.81. The lowest BCUT2D eigenvalue weighted by atomic mass is 9.95. The first-order valence-electron chi connectivity index (χ1n) is 5.37. The van der Waals surface area contributed by atoms with E-state index < -0.39 is 5.60 Å². The van der Waals surface area contributed by atoms with E-state index in [1.54, 1.807) is 13.3 Å². The highest BCUT2D eigenvalue weighted by Gasteiger charge is 2.40. The molecule has 2 rings (SSSR count). The molecule has 0 bridgehead atoms. The average molecular weight is 207 g/mol. The van der Waals surface area contributed by atoms with Crippen LogP contribution in [0.1, 0.15) is 31.9 Å². The minimum atomic E-state index is -0.786. The fraction of sp³-hybridized carbons (Fsp3) is 0.583. The van der Waals surface area contributed by atoms with Gasteiger partial charge in [-0.25, -0.2) is 0 Å². The third-order valence-corrected chi connectivity index (χ3v) is 3.17. The second-order valence-corrected chi connectivity index (χ2v) is 4.43. The molecule has 82 valence electrons. The van der Waals surface area contributed by atoms with Crippen LogP contribution in [0, 0.1) is 5.92 Å². The van der Waals surface area contributed by atoms with Crippen LogP contribution in [-0.4, -0.2) is 17.2 Å². The van der Waals surface area contributed by atoms with Crippen LogP contribution >= 0.6 is 0 Å². The summed E-state index contributed by atoms with van der Waals surface area (Å²) in [6.07, 6.45) is 4.32. The van der Waals surface area contributed by atoms with Crippen molar-refractivity contribution in [3.63, 3.8) is 0 Å². The molecule has 0 radical (unpaired) electrons. The van der Waals surface area contributed by atoms with Crippen molar-refractivity contribution in [3.8, 4) is 5.75 Å². The summed E-state index contributed by atoms with van der Waals surface area (Å²) in [5.74, 6) is 1.25. The molecule has 1 heterocycles. The highest BCUT2D eigenvalue weighted by Crippen LogP contribution is 2.43. The van der Waals surface area contributed by atoms with E-state index in [0.717, 1.165) is 19.3 Å². The maximum Gasteiger partial charge on any atom is 0.143 e. The summed E-state index contributed by atoms with van der Waals surface area (Å²) in [7, 11) is 1.61. The molecule has 0 amide bonds. The molecule has 0 aliphatic heterocycles. The first kappa shape index (κ1) is 10.4. The molecule has 1 fully saturated rings. The molecule has 2 unspecified atom stereocenters. The molecule has 0 aromatic carbocycles. The Morgan fingerprint density at radius 1 is 1.60 bits per heavy atom. The van der Waals surface area contributed by atoms with E-state index >= 15 is 0 Å². The Hall–Kier alpha value is -1.09. The standard InChI is InChI=1S/C12H17NO2/c1-9-5-6-12(14,8-9)11-10(15-2)4-3-7-13-11/h3-4,7,9,14H,5-6,8H2,1-2H3. The summed E-state index contributed by atoms with van der Waals surface area (Å²) in [5.41, 5.74) is -0.0942. The Labute approximate surface area is 90.1 Å². The van der Waals surface area contributed by atoms with Crippen LogP contribution in [0.2, 0.25) is 0 Å². The molecule has 1 aromatic heterocycles. The molecule has 1 aromatic rings. The molecule has 0 saturated heterocycles. The zero-order valence-electron chi connectivity index (χ0n) is 9.23. The lowest BCUT2D eigenvalue weighted by molar-refractivity contribution is 0.0337. The van der Waals surface area contributed by atoms with Gasteiger partial charge in [-0.15, -0.1) is 0 Å². The number of ether oxygens (including phenoxy) is 1. The number of hydrogen-bond acceptors (Lipinski definition) is 3. The molecule has 3 nitrogen and oxygen atoms in total. The SMILES string of the molecule is COc1cccnc1C1(O)CCC(C)C1. The number of pyridine rings is 1. The zero-order valence-corrected chi connectivity index (χ0v) is 9.23. The summed E-state index contributed by atoms with van der Waals surface area (Å²) >= 11 is 0. The third kappa shape index (κ3) is 1.84. The van der Waals surface area contributed by atoms with Crippen LogP contribution < -0.4 is 4.74 Å². The number of hydrogen-bond donors (Lipinski definition) is 1. The van der Waals surface area contributed by atoms with Gasteiger partial charge in [0.05, 0.1) is 7.11 Å². The van der Waals surface area contributed by atoms with E-state index in [1.807, 2.05) is 12.1 Å². The topological polar surface area (TPSA) is 42.4 Å². The van der Waals surface area contributed by atoms with Crippen molar-refractivity contribution in [3.05, 3.63) is 24.0 Å². The van der Waals surface area contributed by atoms with Crippen molar-refractivity contribution in [1.29, 1.82) is 0 Å². The fourth-order valence-electron chi connectivity index (χ4n) is 2.39. The molecule has 2 atom stereocenters. The molecule has 1 aliphatic rings. The predicted octanol–water partition coefficient (Wildman–Crippen LogP) is 2.10. The van der Waals surface area contributed by atoms with Gasteiger partial charge in [0, 0.05) is 6.20 Å². The van der Waals surface area contributed by atoms with Crippen LogP contribution in [0.15, 0.2) is 18.3 Å². The largest absolute Gasteiger partial charge is 0.495 e. The fourth-order valence-corrected chi connectivity index (χ4v) is 2.39. The van der Waals surface area contributed by atoms with E-state index in [2.05, 4.69) is 11.9 Å². The van der Waals surface area contributed by atoms with Crippen molar-refractivity contribution >= 4 is 0 Å². The van der Waals surface area contributed by atoms with Gasteiger partial charge in [0.2, 0.25) is 0 Å². The van der Waals surface area contributed by atoms with Crippen molar-refractivity contribution in [1.82, 2.24) is 4.98 Å². The van der Waals surface area contributed by atoms with E-state index in [1.165, 1.54) is 0 Å². The van der Waals surface area contributed by atoms with Crippen LogP contribution in [0.25, 0.3) is 0 Å². The van der Waals surface area contributed by atoms with Crippen LogP contribution in [0.3, 0.4) is 0 Å². The normalized spacial score (nSPS) is 30.5. The summed E-state index contributed by atoms with van der Waals surface area (Å²) in [6.45, 7) is 2.16. The Morgan fingerprint density at radius 2 is 2.40 bits per heavy atom. The Morgan fingerprint density at radius 3 is 3.00 bits per heavy atom. The zero-order chi connectivity index (χ0) is 10.9. The van der Waals surface area contributed by atoms with Crippen LogP contribution in [-0.2, 0) is 5.60 Å². The average Bonchev–Trinajstić information content (AvgIpc) is 2.60. The quantitative estimate of drug-likeness (QED) is 0.807. The minimum absolute atomic E-state index is 0.557. The smallest absolute Gasteiger partial charge is 0.143 e. The summed E-state index contributed by atoms with van der Waals surface area (Å²) in [6, 6.07) is 3.67. The van der Waals surface area contributed by atoms with E-state index in [-0.39, 0.29) is 0 Å². The first-order chi connectivity index (χ1) is 7.15. The molecular formula is C12H17NO2. The van der Waals surface area contributed by atoms with Gasteiger partial charge in [-0.2, -0.15) is 0 Å². The van der Waals surface area contributed by atoms with Crippen molar-refractivity contribution < 1.29 is 9.84 Å². The van der Waals surface area contributed by atoms with Gasteiger partial charge in [0.15, 0.2) is 0 Å². The Balaban J connectivity index is 2.36. The highest BCUT2D eigenvalue weighted by atomic mass is 16.5. The van der Waals surface area contributed by atoms with Gasteiger partial charge >= 0.3 is 0 Å². The summed E-state index contributed by atoms with van der Waals surface area (Å²) in [4.78, 5) is 4.26. The van der Waals surface area contributed by atoms with Crippen LogP contribution in [0.4, 0.5) is 0 Å². The van der Waals surface area contributed by atoms with Crippen molar-refractivity contribution in [2.24, 2.45) is 5.92 Å². The van der Waals surface area contributed by atoms with E-state index in [4.69, 9.17) is 4.74 Å². The van der Waals surface area contributed by atoms with Gasteiger partial charge in [-0.3, -0.25) is 4.98 Å². The maximum atomic E-state index is 10.5. The molecule has 15 heavy (non-hydrogen) atoms. The molecule has 0 spiro atoms. The number of nitrogens with zero attached hydrogens (tertiary/aromatic N) is 1. The van der Waals surface area contributed by atoms with Gasteiger partial charge in [-0.05, 0) is 37.3 Å². The van der Waals surface area contributed by atoms with E-state index in [0.29, 0.717) is 17.4 Å². The number of aliphatic hydroxyl groups is 1. The number of aromatic nitrogens is 1. The second-order valence-electron chi connectivity index (χ2n) is 4.43. The predicted molar refractivity (Wildman–Crippen MR) is 57.7 cm³/mol. The van der Waals surface area contributed by atoms with Crippen molar-refractivity contribution in [2.45, 2.75) is 31.8 Å².